The van der Waals surface area contributed by atoms with Crippen LogP contribution in [0, 0.1) is 5.41 Å². The lowest BCUT2D eigenvalue weighted by Crippen LogP contribution is -2.46. The van der Waals surface area contributed by atoms with E-state index in [0.717, 1.165) is 19.3 Å². The van der Waals surface area contributed by atoms with Gasteiger partial charge in [0.1, 0.15) is 0 Å². The molecule has 1 saturated carbocycles. The van der Waals surface area contributed by atoms with Crippen molar-refractivity contribution < 1.29 is 4.79 Å². The molecule has 3 heteroatoms. The van der Waals surface area contributed by atoms with Gasteiger partial charge in [0.15, 0.2) is 0 Å². The zero-order valence-electron chi connectivity index (χ0n) is 12.6. The molecule has 0 bridgehead atoms. The van der Waals surface area contributed by atoms with E-state index in [9.17, 15) is 4.79 Å². The Morgan fingerprint density at radius 2 is 2.00 bits per heavy atom. The minimum atomic E-state index is -0.147. The number of nitrogens with one attached hydrogen (secondary N) is 2. The number of amides is 1. The third kappa shape index (κ3) is 2.59. The summed E-state index contributed by atoms with van der Waals surface area (Å²) >= 11 is 0. The van der Waals surface area contributed by atoms with Crippen molar-refractivity contribution >= 4 is 5.91 Å². The van der Waals surface area contributed by atoms with Crippen LogP contribution in [0.4, 0.5) is 0 Å². The van der Waals surface area contributed by atoms with Crippen molar-refractivity contribution in [2.24, 2.45) is 5.41 Å². The third-order valence-electron chi connectivity index (χ3n) is 4.53. The maximum absolute atomic E-state index is 12.1. The summed E-state index contributed by atoms with van der Waals surface area (Å²) < 4.78 is 0. The van der Waals surface area contributed by atoms with Gasteiger partial charge in [-0.15, -0.1) is 0 Å². The molecule has 0 spiro atoms. The van der Waals surface area contributed by atoms with Crippen LogP contribution >= 0.6 is 0 Å². The molecule has 1 aromatic rings. The highest BCUT2D eigenvalue weighted by Gasteiger charge is 2.40. The molecule has 2 N–H and O–H groups in total. The number of benzene rings is 1. The molecule has 108 valence electrons. The van der Waals surface area contributed by atoms with Crippen LogP contribution in [0.3, 0.4) is 0 Å². The van der Waals surface area contributed by atoms with Crippen LogP contribution in [0.15, 0.2) is 24.3 Å². The van der Waals surface area contributed by atoms with E-state index < -0.39 is 0 Å². The van der Waals surface area contributed by atoms with Crippen molar-refractivity contribution in [2.75, 3.05) is 0 Å². The SMILES string of the molecule is CC(NC1c2ccccc2CC1(C)C)C(=O)NC1CC1. The molecule has 1 amide bonds. The number of carbonyl (C=O) groups excluding carboxylic acids is 1. The predicted octanol–water partition coefficient (Wildman–Crippen LogP) is 2.57. The van der Waals surface area contributed by atoms with Crippen molar-refractivity contribution in [3.8, 4) is 0 Å². The Hall–Kier alpha value is -1.35. The molecule has 20 heavy (non-hydrogen) atoms. The van der Waals surface area contributed by atoms with Crippen LogP contribution < -0.4 is 10.6 Å². The van der Waals surface area contributed by atoms with Gasteiger partial charge in [0.05, 0.1) is 6.04 Å². The van der Waals surface area contributed by atoms with Gasteiger partial charge in [-0.1, -0.05) is 38.1 Å². The lowest BCUT2D eigenvalue weighted by atomic mass is 9.85. The molecule has 0 radical (unpaired) electrons. The van der Waals surface area contributed by atoms with Gasteiger partial charge in [-0.2, -0.15) is 0 Å². The molecule has 3 rings (SSSR count). The van der Waals surface area contributed by atoms with E-state index >= 15 is 0 Å². The number of carbonyl (C=O) groups is 1. The molecule has 2 aliphatic carbocycles. The summed E-state index contributed by atoms with van der Waals surface area (Å²) in [5, 5.41) is 6.62. The fraction of sp³-hybridized carbons (Fsp3) is 0.588. The van der Waals surface area contributed by atoms with Gasteiger partial charge in [0.2, 0.25) is 5.91 Å². The average Bonchev–Trinajstić information content (AvgIpc) is 3.15. The molecule has 0 saturated heterocycles. The summed E-state index contributed by atoms with van der Waals surface area (Å²) in [6, 6.07) is 9.10. The Morgan fingerprint density at radius 1 is 1.30 bits per heavy atom. The van der Waals surface area contributed by atoms with Gasteiger partial charge in [0.25, 0.3) is 0 Å². The first-order valence-electron chi connectivity index (χ1n) is 7.61. The van der Waals surface area contributed by atoms with Crippen LogP contribution in [0.5, 0.6) is 0 Å². The van der Waals surface area contributed by atoms with E-state index in [1.165, 1.54) is 11.1 Å². The molecule has 0 aromatic heterocycles. The van der Waals surface area contributed by atoms with Gasteiger partial charge in [-0.25, -0.2) is 0 Å². The Balaban J connectivity index is 1.73. The molecule has 2 aliphatic rings. The topological polar surface area (TPSA) is 41.1 Å². The highest BCUT2D eigenvalue weighted by Crippen LogP contribution is 2.45. The zero-order chi connectivity index (χ0) is 14.3. The quantitative estimate of drug-likeness (QED) is 0.884. The summed E-state index contributed by atoms with van der Waals surface area (Å²) in [6.07, 6.45) is 3.34. The molecule has 3 nitrogen and oxygen atoms in total. The van der Waals surface area contributed by atoms with Crippen LogP contribution in [0.1, 0.15) is 50.8 Å². The van der Waals surface area contributed by atoms with Gasteiger partial charge in [-0.05, 0) is 42.7 Å². The Labute approximate surface area is 121 Å². The summed E-state index contributed by atoms with van der Waals surface area (Å²) in [5.41, 5.74) is 2.91. The second kappa shape index (κ2) is 4.88. The van der Waals surface area contributed by atoms with Crippen molar-refractivity contribution in [3.63, 3.8) is 0 Å². The van der Waals surface area contributed by atoms with Crippen LogP contribution in [-0.2, 0) is 11.2 Å². The van der Waals surface area contributed by atoms with E-state index in [0.29, 0.717) is 6.04 Å². The Kier molecular flexibility index (Phi) is 3.33. The third-order valence-corrected chi connectivity index (χ3v) is 4.53. The van der Waals surface area contributed by atoms with Crippen molar-refractivity contribution in [3.05, 3.63) is 35.4 Å². The lowest BCUT2D eigenvalue weighted by Gasteiger charge is -2.31. The van der Waals surface area contributed by atoms with E-state index in [2.05, 4.69) is 48.7 Å². The van der Waals surface area contributed by atoms with Crippen molar-refractivity contribution in [1.82, 2.24) is 10.6 Å². The number of fused-ring (bicyclic) bond motifs is 1. The highest BCUT2D eigenvalue weighted by atomic mass is 16.2. The Bertz CT molecular complexity index is 519. The number of rotatable bonds is 4. The van der Waals surface area contributed by atoms with Gasteiger partial charge >= 0.3 is 0 Å². The maximum Gasteiger partial charge on any atom is 0.237 e. The maximum atomic E-state index is 12.1. The standard InChI is InChI=1S/C17H24N2O/c1-11(16(20)19-13-8-9-13)18-15-14-7-5-4-6-12(14)10-17(15,2)3/h4-7,11,13,15,18H,8-10H2,1-3H3,(H,19,20). The number of hydrogen-bond donors (Lipinski definition) is 2. The molecule has 2 unspecified atom stereocenters. The second-order valence-corrected chi connectivity index (χ2v) is 6.97. The summed E-state index contributed by atoms with van der Waals surface area (Å²) in [4.78, 5) is 12.1. The summed E-state index contributed by atoms with van der Waals surface area (Å²) in [5.74, 6) is 0.132. The van der Waals surface area contributed by atoms with E-state index in [4.69, 9.17) is 0 Å². The normalized spacial score (nSPS) is 25.1. The average molecular weight is 272 g/mol. The lowest BCUT2D eigenvalue weighted by molar-refractivity contribution is -0.123. The molecular weight excluding hydrogens is 248 g/mol. The first-order valence-corrected chi connectivity index (χ1v) is 7.61. The zero-order valence-corrected chi connectivity index (χ0v) is 12.6. The number of hydrogen-bond acceptors (Lipinski definition) is 2. The molecule has 0 aliphatic heterocycles. The monoisotopic (exact) mass is 272 g/mol. The van der Waals surface area contributed by atoms with E-state index in [1.807, 2.05) is 6.92 Å². The van der Waals surface area contributed by atoms with Gasteiger partial charge in [0, 0.05) is 12.1 Å². The minimum absolute atomic E-state index is 0.132. The molecule has 1 fully saturated rings. The fourth-order valence-corrected chi connectivity index (χ4v) is 3.19. The molecular formula is C17H24N2O. The predicted molar refractivity (Wildman–Crippen MR) is 80.4 cm³/mol. The second-order valence-electron chi connectivity index (χ2n) is 6.97. The van der Waals surface area contributed by atoms with Gasteiger partial charge in [-0.3, -0.25) is 10.1 Å². The van der Waals surface area contributed by atoms with Crippen LogP contribution in [-0.4, -0.2) is 18.0 Å². The minimum Gasteiger partial charge on any atom is -0.352 e. The fourth-order valence-electron chi connectivity index (χ4n) is 3.19. The molecule has 2 atom stereocenters. The first kappa shape index (κ1) is 13.6. The summed E-state index contributed by atoms with van der Waals surface area (Å²) in [6.45, 7) is 6.51. The smallest absolute Gasteiger partial charge is 0.237 e. The van der Waals surface area contributed by atoms with E-state index in [1.54, 1.807) is 0 Å². The van der Waals surface area contributed by atoms with E-state index in [-0.39, 0.29) is 23.4 Å². The summed E-state index contributed by atoms with van der Waals surface area (Å²) in [7, 11) is 0. The van der Waals surface area contributed by atoms with Gasteiger partial charge < -0.3 is 5.32 Å². The molecule has 1 aromatic carbocycles. The van der Waals surface area contributed by atoms with Crippen molar-refractivity contribution in [1.29, 1.82) is 0 Å². The first-order chi connectivity index (χ1) is 9.47. The largest absolute Gasteiger partial charge is 0.352 e. The molecule has 0 heterocycles. The highest BCUT2D eigenvalue weighted by molar-refractivity contribution is 5.82. The van der Waals surface area contributed by atoms with Crippen LogP contribution in [0.25, 0.3) is 0 Å². The van der Waals surface area contributed by atoms with Crippen molar-refractivity contribution in [2.45, 2.75) is 58.2 Å². The Morgan fingerprint density at radius 3 is 2.70 bits per heavy atom. The van der Waals surface area contributed by atoms with Crippen LogP contribution in [0.2, 0.25) is 0 Å².